The van der Waals surface area contributed by atoms with Crippen LogP contribution in [-0.2, 0) is 19.1 Å². The van der Waals surface area contributed by atoms with Crippen LogP contribution in [0.25, 0.3) is 0 Å². The summed E-state index contributed by atoms with van der Waals surface area (Å²) in [6.07, 6.45) is 4.79. The van der Waals surface area contributed by atoms with E-state index in [2.05, 4.69) is 0 Å². The third-order valence-corrected chi connectivity index (χ3v) is 6.17. The SMILES string of the molecule is CC(C)[C@H](C(=O)OCC(=O)c1ccc(F)cc1)N1C(=O)[C@@H]2[C@H](C1=O)[C@H]1C=C[C@H]2C1. The van der Waals surface area contributed by atoms with Crippen molar-refractivity contribution in [1.29, 1.82) is 0 Å². The normalized spacial score (nSPS) is 28.2. The Kier molecular flexibility index (Phi) is 4.84. The fourth-order valence-electron chi connectivity index (χ4n) is 4.82. The van der Waals surface area contributed by atoms with Crippen LogP contribution in [0.2, 0.25) is 0 Å². The van der Waals surface area contributed by atoms with E-state index in [9.17, 15) is 23.6 Å². The molecular formula is C22H22FNO5. The van der Waals surface area contributed by atoms with Gasteiger partial charge in [-0.3, -0.25) is 19.3 Å². The summed E-state index contributed by atoms with van der Waals surface area (Å²) >= 11 is 0. The lowest BCUT2D eigenvalue weighted by Gasteiger charge is -2.28. The van der Waals surface area contributed by atoms with E-state index in [0.717, 1.165) is 23.5 Å². The van der Waals surface area contributed by atoms with Gasteiger partial charge in [-0.05, 0) is 48.4 Å². The van der Waals surface area contributed by atoms with Gasteiger partial charge in [-0.25, -0.2) is 9.18 Å². The Morgan fingerprint density at radius 1 is 1.07 bits per heavy atom. The molecule has 0 unspecified atom stereocenters. The van der Waals surface area contributed by atoms with Gasteiger partial charge in [0.15, 0.2) is 12.4 Å². The van der Waals surface area contributed by atoms with Gasteiger partial charge in [0.2, 0.25) is 11.8 Å². The van der Waals surface area contributed by atoms with Gasteiger partial charge in [0.05, 0.1) is 11.8 Å². The Hall–Kier alpha value is -2.83. The quantitative estimate of drug-likeness (QED) is 0.318. The van der Waals surface area contributed by atoms with Crippen molar-refractivity contribution < 1.29 is 28.3 Å². The van der Waals surface area contributed by atoms with Gasteiger partial charge in [0, 0.05) is 5.56 Å². The second-order valence-corrected chi connectivity index (χ2v) is 8.27. The molecule has 2 amide bonds. The predicted molar refractivity (Wildman–Crippen MR) is 99.9 cm³/mol. The van der Waals surface area contributed by atoms with Crippen LogP contribution in [0.3, 0.4) is 0 Å². The van der Waals surface area contributed by atoms with Crippen molar-refractivity contribution >= 4 is 23.6 Å². The van der Waals surface area contributed by atoms with Gasteiger partial charge in [0.1, 0.15) is 11.9 Å². The minimum absolute atomic E-state index is 0.0512. The maximum absolute atomic E-state index is 13.0. The molecule has 4 rings (SSSR count). The maximum Gasteiger partial charge on any atom is 0.330 e. The van der Waals surface area contributed by atoms with E-state index < -0.39 is 42.1 Å². The molecule has 29 heavy (non-hydrogen) atoms. The van der Waals surface area contributed by atoms with Crippen molar-refractivity contribution in [2.24, 2.45) is 29.6 Å². The topological polar surface area (TPSA) is 80.8 Å². The number of esters is 1. The van der Waals surface area contributed by atoms with Crippen LogP contribution in [0, 0.1) is 35.4 Å². The van der Waals surface area contributed by atoms with Gasteiger partial charge in [0.25, 0.3) is 0 Å². The van der Waals surface area contributed by atoms with Crippen molar-refractivity contribution in [2.75, 3.05) is 6.61 Å². The monoisotopic (exact) mass is 399 g/mol. The van der Waals surface area contributed by atoms with E-state index in [0.29, 0.717) is 0 Å². The van der Waals surface area contributed by atoms with Crippen LogP contribution < -0.4 is 0 Å². The zero-order valence-electron chi connectivity index (χ0n) is 16.2. The van der Waals surface area contributed by atoms with Crippen LogP contribution in [0.4, 0.5) is 4.39 Å². The molecule has 1 saturated heterocycles. The minimum atomic E-state index is -1.07. The number of carbonyl (C=O) groups is 4. The highest BCUT2D eigenvalue weighted by atomic mass is 19.1. The smallest absolute Gasteiger partial charge is 0.330 e. The molecule has 1 aromatic carbocycles. The Morgan fingerprint density at radius 3 is 2.14 bits per heavy atom. The van der Waals surface area contributed by atoms with Gasteiger partial charge >= 0.3 is 5.97 Å². The molecule has 1 saturated carbocycles. The van der Waals surface area contributed by atoms with Gasteiger partial charge in [-0.1, -0.05) is 26.0 Å². The summed E-state index contributed by atoms with van der Waals surface area (Å²) < 4.78 is 18.2. The summed E-state index contributed by atoms with van der Waals surface area (Å²) in [6.45, 7) is 2.92. The first-order valence-corrected chi connectivity index (χ1v) is 9.80. The molecule has 5 atom stereocenters. The second kappa shape index (κ2) is 7.21. The highest BCUT2D eigenvalue weighted by Crippen LogP contribution is 2.53. The molecule has 7 heteroatoms. The summed E-state index contributed by atoms with van der Waals surface area (Å²) in [6, 6.07) is 3.84. The average molecular weight is 399 g/mol. The van der Waals surface area contributed by atoms with Crippen LogP contribution in [0.5, 0.6) is 0 Å². The number of rotatable bonds is 6. The van der Waals surface area contributed by atoms with E-state index in [-0.39, 0.29) is 35.1 Å². The van der Waals surface area contributed by atoms with E-state index in [1.165, 1.54) is 12.1 Å². The Labute approximate surface area is 167 Å². The predicted octanol–water partition coefficient (Wildman–Crippen LogP) is 2.38. The molecular weight excluding hydrogens is 377 g/mol. The zero-order valence-corrected chi connectivity index (χ0v) is 16.2. The number of halogens is 1. The van der Waals surface area contributed by atoms with Crippen LogP contribution in [-0.4, -0.2) is 41.1 Å². The largest absolute Gasteiger partial charge is 0.456 e. The molecule has 2 aliphatic carbocycles. The number of ketones is 1. The first-order valence-electron chi connectivity index (χ1n) is 9.80. The molecule has 6 nitrogen and oxygen atoms in total. The number of amides is 2. The number of likely N-dealkylation sites (tertiary alicyclic amines) is 1. The Morgan fingerprint density at radius 2 is 1.62 bits per heavy atom. The summed E-state index contributed by atoms with van der Waals surface area (Å²) in [5.74, 6) is -3.43. The van der Waals surface area contributed by atoms with Crippen LogP contribution >= 0.6 is 0 Å². The van der Waals surface area contributed by atoms with Crippen molar-refractivity contribution in [3.63, 3.8) is 0 Å². The summed E-state index contributed by atoms with van der Waals surface area (Å²) in [5.41, 5.74) is 0.214. The number of imide groups is 1. The van der Waals surface area contributed by atoms with Crippen molar-refractivity contribution in [2.45, 2.75) is 26.3 Å². The number of ether oxygens (including phenoxy) is 1. The first-order chi connectivity index (χ1) is 13.8. The molecule has 1 aromatic rings. The van der Waals surface area contributed by atoms with Gasteiger partial charge in [-0.2, -0.15) is 0 Å². The first kappa shape index (κ1) is 19.5. The summed E-state index contributed by atoms with van der Waals surface area (Å²) in [4.78, 5) is 52.0. The van der Waals surface area contributed by atoms with E-state index in [1.54, 1.807) is 13.8 Å². The van der Waals surface area contributed by atoms with Crippen molar-refractivity contribution in [3.8, 4) is 0 Å². The standard InChI is InChI=1S/C22H22FNO5/c1-11(2)19(22(28)29-10-16(25)12-5-7-15(23)8-6-12)24-20(26)17-13-3-4-14(9-13)18(17)21(24)27/h3-8,11,13-14,17-19H,9-10H2,1-2H3/t13-,14-,17-,18+,19+/m0/s1. The summed E-state index contributed by atoms with van der Waals surface area (Å²) in [5, 5.41) is 0. The lowest BCUT2D eigenvalue weighted by molar-refractivity contribution is -0.160. The fourth-order valence-corrected chi connectivity index (χ4v) is 4.82. The number of fused-ring (bicyclic) bond motifs is 5. The van der Waals surface area contributed by atoms with Crippen LogP contribution in [0.1, 0.15) is 30.6 Å². The third kappa shape index (κ3) is 3.18. The molecule has 1 aliphatic heterocycles. The lowest BCUT2D eigenvalue weighted by Crippen LogP contribution is -2.50. The number of Topliss-reactive ketones (excluding diaryl/α,β-unsaturated/α-hetero) is 1. The Bertz CT molecular complexity index is 876. The number of allylic oxidation sites excluding steroid dienone is 2. The summed E-state index contributed by atoms with van der Waals surface area (Å²) in [7, 11) is 0. The van der Waals surface area contributed by atoms with Crippen molar-refractivity contribution in [1.82, 2.24) is 4.90 Å². The molecule has 2 fully saturated rings. The van der Waals surface area contributed by atoms with Crippen molar-refractivity contribution in [3.05, 3.63) is 47.8 Å². The highest BCUT2D eigenvalue weighted by molar-refractivity contribution is 6.09. The number of benzene rings is 1. The second-order valence-electron chi connectivity index (χ2n) is 8.27. The molecule has 2 bridgehead atoms. The number of carbonyl (C=O) groups excluding carboxylic acids is 4. The van der Waals surface area contributed by atoms with Gasteiger partial charge in [-0.15, -0.1) is 0 Å². The molecule has 1 heterocycles. The Balaban J connectivity index is 1.47. The van der Waals surface area contributed by atoms with E-state index in [1.807, 2.05) is 12.2 Å². The highest BCUT2D eigenvalue weighted by Gasteiger charge is 2.61. The maximum atomic E-state index is 13.0. The molecule has 0 spiro atoms. The molecule has 0 radical (unpaired) electrons. The van der Waals surface area contributed by atoms with Gasteiger partial charge < -0.3 is 4.74 Å². The number of nitrogens with zero attached hydrogens (tertiary/aromatic N) is 1. The van der Waals surface area contributed by atoms with E-state index >= 15 is 0 Å². The third-order valence-electron chi connectivity index (χ3n) is 6.17. The number of hydrogen-bond acceptors (Lipinski definition) is 5. The molecule has 3 aliphatic rings. The fraction of sp³-hybridized carbons (Fsp3) is 0.455. The van der Waals surface area contributed by atoms with E-state index in [4.69, 9.17) is 4.74 Å². The molecule has 152 valence electrons. The zero-order chi connectivity index (χ0) is 20.9. The average Bonchev–Trinajstić information content (AvgIpc) is 3.36. The minimum Gasteiger partial charge on any atom is -0.456 e. The van der Waals surface area contributed by atoms with Crippen LogP contribution in [0.15, 0.2) is 36.4 Å². The number of hydrogen-bond donors (Lipinski definition) is 0. The molecule has 0 N–H and O–H groups in total. The molecule has 0 aromatic heterocycles. The lowest BCUT2D eigenvalue weighted by atomic mass is 9.85.